The van der Waals surface area contributed by atoms with Crippen LogP contribution in [0.2, 0.25) is 0 Å². The van der Waals surface area contributed by atoms with Gasteiger partial charge in [0.2, 0.25) is 11.6 Å². The maximum Gasteiger partial charge on any atom is 0.210 e. The molecule has 5 nitrogen and oxygen atoms in total. The summed E-state index contributed by atoms with van der Waals surface area (Å²) in [4.78, 5) is 26.8. The summed E-state index contributed by atoms with van der Waals surface area (Å²) < 4.78 is 2.19. The molecule has 1 N–H and O–H groups in total. The lowest BCUT2D eigenvalue weighted by molar-refractivity contribution is 0.103. The van der Waals surface area contributed by atoms with Crippen LogP contribution in [0.3, 0.4) is 0 Å². The Hall–Kier alpha value is -3.25. The molecule has 33 heavy (non-hydrogen) atoms. The van der Waals surface area contributed by atoms with E-state index in [0.717, 1.165) is 41.2 Å². The molecular weight excluding hydrogens is 432 g/mol. The van der Waals surface area contributed by atoms with Gasteiger partial charge in [-0.2, -0.15) is 0 Å². The van der Waals surface area contributed by atoms with Crippen LogP contribution in [0.4, 0.5) is 0 Å². The number of Topliss-reactive ketones (excluding diaryl/α,β-unsaturated/α-hetero) is 1. The van der Waals surface area contributed by atoms with Crippen molar-refractivity contribution < 1.29 is 14.8 Å². The summed E-state index contributed by atoms with van der Waals surface area (Å²) in [6.07, 6.45) is 5.02. The molecule has 168 valence electrons. The van der Waals surface area contributed by atoms with Crippen molar-refractivity contribution in [3.8, 4) is 0 Å². The lowest BCUT2D eigenvalue weighted by Crippen LogP contribution is -2.17. The lowest BCUT2D eigenvalue weighted by atomic mass is 9.95. The third-order valence-corrected chi connectivity index (χ3v) is 7.66. The zero-order chi connectivity index (χ0) is 22.9. The highest BCUT2D eigenvalue weighted by Gasteiger charge is 2.24. The first kappa shape index (κ1) is 21.6. The molecule has 0 saturated heterocycles. The zero-order valence-corrected chi connectivity index (χ0v) is 19.4. The minimum absolute atomic E-state index is 0.00259. The molecule has 6 heteroatoms. The topological polar surface area (TPSA) is 71.7 Å². The molecule has 1 aliphatic carbocycles. The summed E-state index contributed by atoms with van der Waals surface area (Å²) in [6, 6.07) is 15.2. The molecule has 1 aliphatic rings. The number of carbonyl (C=O) groups is 2. The van der Waals surface area contributed by atoms with E-state index in [0.29, 0.717) is 28.3 Å². The van der Waals surface area contributed by atoms with Crippen LogP contribution in [0.25, 0.3) is 21.8 Å². The molecule has 0 bridgehead atoms. The van der Waals surface area contributed by atoms with Crippen molar-refractivity contribution in [1.29, 1.82) is 0 Å². The fourth-order valence-electron chi connectivity index (χ4n) is 5.11. The summed E-state index contributed by atoms with van der Waals surface area (Å²) in [5, 5.41) is 16.7. The molecule has 5 rings (SSSR count). The van der Waals surface area contributed by atoms with Gasteiger partial charge in [0.25, 0.3) is 0 Å². The summed E-state index contributed by atoms with van der Waals surface area (Å²) in [5.41, 5.74) is 3.42. The number of benzene rings is 2. The van der Waals surface area contributed by atoms with Gasteiger partial charge in [0.05, 0.1) is 4.88 Å². The van der Waals surface area contributed by atoms with E-state index in [1.165, 1.54) is 24.2 Å². The Balaban J connectivity index is 1.58. The molecule has 0 spiro atoms. The van der Waals surface area contributed by atoms with Crippen molar-refractivity contribution in [3.63, 3.8) is 0 Å². The second-order valence-corrected chi connectivity index (χ2v) is 9.69. The number of thiophene rings is 1. The number of aromatic nitrogens is 1. The van der Waals surface area contributed by atoms with E-state index in [1.807, 2.05) is 53.9 Å². The van der Waals surface area contributed by atoms with Crippen molar-refractivity contribution in [1.82, 2.24) is 4.57 Å². The third-order valence-electron chi connectivity index (χ3n) is 6.79. The number of oxime groups is 1. The van der Waals surface area contributed by atoms with Gasteiger partial charge in [-0.05, 0) is 67.1 Å². The molecule has 1 fully saturated rings. The van der Waals surface area contributed by atoms with Gasteiger partial charge < -0.3 is 9.77 Å². The van der Waals surface area contributed by atoms with Crippen LogP contribution in [0.1, 0.15) is 64.6 Å². The van der Waals surface area contributed by atoms with E-state index in [4.69, 9.17) is 0 Å². The average molecular weight is 459 g/mol. The molecule has 0 aliphatic heterocycles. The first-order chi connectivity index (χ1) is 16.1. The highest BCUT2D eigenvalue weighted by atomic mass is 32.1. The number of carbonyl (C=O) groups excluding carboxylic acids is 2. The first-order valence-electron chi connectivity index (χ1n) is 11.5. The van der Waals surface area contributed by atoms with Crippen molar-refractivity contribution in [2.75, 3.05) is 0 Å². The fourth-order valence-corrected chi connectivity index (χ4v) is 5.80. The molecule has 0 radical (unpaired) electrons. The summed E-state index contributed by atoms with van der Waals surface area (Å²) in [5.74, 6) is 0.189. The molecule has 2 aromatic carbocycles. The minimum Gasteiger partial charge on any atom is -0.411 e. The summed E-state index contributed by atoms with van der Waals surface area (Å²) in [6.45, 7) is 2.86. The van der Waals surface area contributed by atoms with E-state index >= 15 is 0 Å². The van der Waals surface area contributed by atoms with E-state index in [1.54, 1.807) is 0 Å². The predicted octanol–water partition coefficient (Wildman–Crippen LogP) is 6.70. The fraction of sp³-hybridized carbons (Fsp3) is 0.296. The van der Waals surface area contributed by atoms with Gasteiger partial charge in [0.1, 0.15) is 5.71 Å². The van der Waals surface area contributed by atoms with Crippen LogP contribution < -0.4 is 0 Å². The number of hydrogen-bond acceptors (Lipinski definition) is 5. The van der Waals surface area contributed by atoms with Crippen LogP contribution >= 0.6 is 11.3 Å². The van der Waals surface area contributed by atoms with Gasteiger partial charge in [-0.25, -0.2) is 0 Å². The molecular formula is C27H26N2O3S. The smallest absolute Gasteiger partial charge is 0.210 e. The Bertz CT molecular complexity index is 1380. The van der Waals surface area contributed by atoms with Gasteiger partial charge in [0.15, 0.2) is 0 Å². The van der Waals surface area contributed by atoms with Crippen LogP contribution in [0.5, 0.6) is 0 Å². The van der Waals surface area contributed by atoms with Crippen molar-refractivity contribution in [3.05, 3.63) is 69.9 Å². The average Bonchev–Trinajstić information content (AvgIpc) is 3.61. The minimum atomic E-state index is -0.227. The quantitative estimate of drug-likeness (QED) is 0.145. The Morgan fingerprint density at radius 2 is 1.70 bits per heavy atom. The standard InChI is InChI=1S/C27H26N2O3S/c1-2-29-23-11-9-18(26(30)22(28-32)14-17-6-3-4-7-17)15-20(23)21-16-19(10-12-24(21)29)27(31)25-8-5-13-33-25/h5,8-13,15-17,32H,2-4,6-7,14H2,1H3/b28-22+. The molecule has 2 aromatic heterocycles. The predicted molar refractivity (Wildman–Crippen MR) is 133 cm³/mol. The second-order valence-electron chi connectivity index (χ2n) is 8.74. The normalized spacial score (nSPS) is 15.0. The van der Waals surface area contributed by atoms with Crippen molar-refractivity contribution in [2.45, 2.75) is 45.6 Å². The Morgan fingerprint density at radius 1 is 1.03 bits per heavy atom. The van der Waals surface area contributed by atoms with Crippen LogP contribution in [-0.4, -0.2) is 27.1 Å². The van der Waals surface area contributed by atoms with Gasteiger partial charge in [-0.15, -0.1) is 11.3 Å². The highest BCUT2D eigenvalue weighted by Crippen LogP contribution is 2.33. The van der Waals surface area contributed by atoms with E-state index in [-0.39, 0.29) is 17.3 Å². The number of nitrogens with zero attached hydrogens (tertiary/aromatic N) is 2. The molecule has 1 saturated carbocycles. The third kappa shape index (κ3) is 3.89. The number of rotatable bonds is 7. The van der Waals surface area contributed by atoms with Crippen LogP contribution in [0.15, 0.2) is 59.1 Å². The van der Waals surface area contributed by atoms with E-state index in [9.17, 15) is 14.8 Å². The zero-order valence-electron chi connectivity index (χ0n) is 18.6. The van der Waals surface area contributed by atoms with Gasteiger partial charge in [-0.1, -0.05) is 36.9 Å². The number of ketones is 2. The maximum atomic E-state index is 13.2. The largest absolute Gasteiger partial charge is 0.411 e. The molecule has 0 atom stereocenters. The molecule has 0 amide bonds. The van der Waals surface area contributed by atoms with Gasteiger partial charge in [-0.3, -0.25) is 9.59 Å². The molecule has 0 unspecified atom stereocenters. The maximum absolute atomic E-state index is 13.2. The number of hydrogen-bond donors (Lipinski definition) is 1. The number of aryl methyl sites for hydroxylation is 1. The van der Waals surface area contributed by atoms with Crippen molar-refractivity contribution >= 4 is 50.4 Å². The van der Waals surface area contributed by atoms with E-state index < -0.39 is 0 Å². The Morgan fingerprint density at radius 3 is 2.30 bits per heavy atom. The highest BCUT2D eigenvalue weighted by molar-refractivity contribution is 7.12. The van der Waals surface area contributed by atoms with Gasteiger partial charge in [0, 0.05) is 39.5 Å². The lowest BCUT2D eigenvalue weighted by Gasteiger charge is -2.10. The van der Waals surface area contributed by atoms with Crippen LogP contribution in [-0.2, 0) is 6.54 Å². The van der Waals surface area contributed by atoms with Gasteiger partial charge >= 0.3 is 0 Å². The molecule has 2 heterocycles. The molecule has 4 aromatic rings. The second kappa shape index (κ2) is 8.94. The Kier molecular flexibility index (Phi) is 5.85. The SMILES string of the molecule is CCn1c2ccc(C(=O)/C(CC3CCCC3)=N/O)cc2c2cc(C(=O)c3cccs3)ccc21. The summed E-state index contributed by atoms with van der Waals surface area (Å²) >= 11 is 1.43. The number of fused-ring (bicyclic) bond motifs is 3. The van der Waals surface area contributed by atoms with E-state index in [2.05, 4.69) is 16.6 Å². The first-order valence-corrected chi connectivity index (χ1v) is 12.4. The monoisotopic (exact) mass is 458 g/mol. The summed E-state index contributed by atoms with van der Waals surface area (Å²) in [7, 11) is 0. The van der Waals surface area contributed by atoms with Crippen LogP contribution in [0, 0.1) is 5.92 Å². The Labute approximate surface area is 196 Å². The van der Waals surface area contributed by atoms with Crippen molar-refractivity contribution in [2.24, 2.45) is 11.1 Å².